The smallest absolute Gasteiger partial charge is 0.0486 e. The fraction of sp³-hybridized carbons (Fsp3) is 0.419. The van der Waals surface area contributed by atoms with Crippen LogP contribution < -0.4 is 0 Å². The summed E-state index contributed by atoms with van der Waals surface area (Å²) in [7, 11) is 0. The number of hydrogen-bond acceptors (Lipinski definition) is 0. The van der Waals surface area contributed by atoms with E-state index >= 15 is 0 Å². The molecule has 0 saturated carbocycles. The Labute approximate surface area is 197 Å². The van der Waals surface area contributed by atoms with Gasteiger partial charge in [-0.2, -0.15) is 0 Å². The topological polar surface area (TPSA) is 15.8 Å². The molecule has 0 radical (unpaired) electrons. The highest BCUT2D eigenvalue weighted by atomic mass is 14.7. The molecule has 172 valence electrons. The van der Waals surface area contributed by atoms with Crippen LogP contribution in [0.2, 0.25) is 0 Å². The van der Waals surface area contributed by atoms with Gasteiger partial charge in [0.2, 0.25) is 0 Å². The molecule has 1 aliphatic carbocycles. The number of aromatic nitrogens is 1. The number of aromatic amines is 1. The lowest BCUT2D eigenvalue weighted by atomic mass is 9.67. The molecule has 3 unspecified atom stereocenters. The van der Waals surface area contributed by atoms with E-state index in [-0.39, 0.29) is 5.92 Å². The molecule has 1 nitrogen and oxygen atoms in total. The Hall–Kier alpha value is -2.54. The molecule has 0 bridgehead atoms. The van der Waals surface area contributed by atoms with Crippen LogP contribution in [0.5, 0.6) is 0 Å². The van der Waals surface area contributed by atoms with Crippen molar-refractivity contribution in [2.24, 2.45) is 17.8 Å². The highest BCUT2D eigenvalue weighted by molar-refractivity contribution is 5.82. The van der Waals surface area contributed by atoms with Crippen molar-refractivity contribution in [1.82, 2.24) is 4.98 Å². The number of unbranched alkanes of at least 4 members (excludes halogenated alkanes) is 1. The Bertz CT molecular complexity index is 970. The molecule has 1 heteroatoms. The van der Waals surface area contributed by atoms with Gasteiger partial charge in [-0.15, -0.1) is 0 Å². The lowest BCUT2D eigenvalue weighted by molar-refractivity contribution is 0.414. The first-order chi connectivity index (χ1) is 15.3. The number of hydrogen-bond donors (Lipinski definition) is 1. The van der Waals surface area contributed by atoms with Gasteiger partial charge in [-0.25, -0.2) is 0 Å². The first kappa shape index (κ1) is 25.7. The van der Waals surface area contributed by atoms with Crippen molar-refractivity contribution in [2.75, 3.05) is 0 Å². The third kappa shape index (κ3) is 5.44. The van der Waals surface area contributed by atoms with Crippen LogP contribution in [0.1, 0.15) is 84.5 Å². The largest absolute Gasteiger partial charge is 0.360 e. The molecule has 0 aliphatic heterocycles. The lowest BCUT2D eigenvalue weighted by Crippen LogP contribution is -2.27. The van der Waals surface area contributed by atoms with Crippen LogP contribution in [0.4, 0.5) is 0 Å². The zero-order valence-corrected chi connectivity index (χ0v) is 21.4. The van der Waals surface area contributed by atoms with Crippen LogP contribution in [0.3, 0.4) is 0 Å². The molecular weight excluding hydrogens is 386 g/mol. The fourth-order valence-electron chi connectivity index (χ4n) is 5.14. The third-order valence-electron chi connectivity index (χ3n) is 6.89. The van der Waals surface area contributed by atoms with Crippen molar-refractivity contribution >= 4 is 17.2 Å². The quantitative estimate of drug-likeness (QED) is 0.356. The SMILES string of the molecule is C=Cc1c(C(=C)C(C(/C=C\C)=C/C)C2C(C)=CC(CCCC)=CC2C)c[nH]c1/C(C)=C\C. The van der Waals surface area contributed by atoms with E-state index in [2.05, 4.69) is 109 Å². The summed E-state index contributed by atoms with van der Waals surface area (Å²) in [6, 6.07) is 0. The predicted molar refractivity (Wildman–Crippen MR) is 145 cm³/mol. The highest BCUT2D eigenvalue weighted by Crippen LogP contribution is 2.46. The second-order valence-corrected chi connectivity index (χ2v) is 9.08. The standard InChI is InChI=1S/C31H43N/c1-10-15-17-25-18-22(7)29(23(8)19-25)30(26(13-4)16-11-2)24(9)28-20-32-31(21(6)12-3)27(28)14-5/h11-14,16,18-20,22,29-30,32H,5,9-10,15,17H2,1-4,6-8H3/b16-11-,21-12-,26-13+. The molecule has 32 heavy (non-hydrogen) atoms. The average Bonchev–Trinajstić information content (AvgIpc) is 3.22. The van der Waals surface area contributed by atoms with E-state index < -0.39 is 0 Å². The number of allylic oxidation sites excluding steroid dienone is 11. The number of nitrogens with one attached hydrogen (secondary N) is 1. The molecule has 0 fully saturated rings. The van der Waals surface area contributed by atoms with Gasteiger partial charge in [0, 0.05) is 28.9 Å². The van der Waals surface area contributed by atoms with Crippen molar-refractivity contribution in [3.8, 4) is 0 Å². The molecule has 2 rings (SSSR count). The van der Waals surface area contributed by atoms with Crippen LogP contribution in [0.15, 0.2) is 72.5 Å². The molecule has 1 aromatic rings. The van der Waals surface area contributed by atoms with Gasteiger partial charge in [-0.3, -0.25) is 0 Å². The van der Waals surface area contributed by atoms with Crippen molar-refractivity contribution in [1.29, 1.82) is 0 Å². The van der Waals surface area contributed by atoms with Gasteiger partial charge in [-0.05, 0) is 76.0 Å². The zero-order chi connectivity index (χ0) is 23.8. The van der Waals surface area contributed by atoms with E-state index in [4.69, 9.17) is 0 Å². The molecular formula is C31H43N. The van der Waals surface area contributed by atoms with E-state index in [1.807, 2.05) is 6.08 Å². The summed E-state index contributed by atoms with van der Waals surface area (Å²) in [6.07, 6.45) is 21.5. The van der Waals surface area contributed by atoms with Crippen molar-refractivity contribution in [3.05, 3.63) is 89.4 Å². The monoisotopic (exact) mass is 429 g/mol. The first-order valence-corrected chi connectivity index (χ1v) is 12.2. The molecule has 1 heterocycles. The second kappa shape index (κ2) is 11.9. The summed E-state index contributed by atoms with van der Waals surface area (Å²) in [4.78, 5) is 3.49. The lowest BCUT2D eigenvalue weighted by Gasteiger charge is -2.37. The minimum atomic E-state index is 0.208. The Morgan fingerprint density at radius 2 is 1.94 bits per heavy atom. The van der Waals surface area contributed by atoms with Gasteiger partial charge < -0.3 is 4.98 Å². The highest BCUT2D eigenvalue weighted by Gasteiger charge is 2.34. The van der Waals surface area contributed by atoms with E-state index in [1.54, 1.807) is 0 Å². The van der Waals surface area contributed by atoms with Crippen LogP contribution in [0.25, 0.3) is 17.2 Å². The molecule has 1 N–H and O–H groups in total. The number of H-pyrrole nitrogens is 1. The normalized spacial score (nSPS) is 20.8. The molecule has 1 aromatic heterocycles. The molecule has 0 amide bonds. The minimum Gasteiger partial charge on any atom is -0.360 e. The summed E-state index contributed by atoms with van der Waals surface area (Å²) in [5.74, 6) is 1.05. The summed E-state index contributed by atoms with van der Waals surface area (Å²) < 4.78 is 0. The van der Waals surface area contributed by atoms with E-state index in [9.17, 15) is 0 Å². The Balaban J connectivity index is 2.58. The Kier molecular flexibility index (Phi) is 9.57. The molecule has 3 atom stereocenters. The van der Waals surface area contributed by atoms with E-state index in [1.165, 1.54) is 47.1 Å². The van der Waals surface area contributed by atoms with Gasteiger partial charge >= 0.3 is 0 Å². The zero-order valence-electron chi connectivity index (χ0n) is 21.4. The maximum atomic E-state index is 4.69. The van der Waals surface area contributed by atoms with Gasteiger partial charge in [0.15, 0.2) is 0 Å². The van der Waals surface area contributed by atoms with Gasteiger partial charge in [0.1, 0.15) is 0 Å². The van der Waals surface area contributed by atoms with Crippen molar-refractivity contribution in [2.45, 2.75) is 67.7 Å². The van der Waals surface area contributed by atoms with Gasteiger partial charge in [0.25, 0.3) is 0 Å². The summed E-state index contributed by atoms with van der Waals surface area (Å²) in [5, 5.41) is 0. The van der Waals surface area contributed by atoms with E-state index in [0.717, 1.165) is 16.8 Å². The Morgan fingerprint density at radius 3 is 2.47 bits per heavy atom. The maximum absolute atomic E-state index is 4.69. The van der Waals surface area contributed by atoms with Crippen LogP contribution >= 0.6 is 0 Å². The second-order valence-electron chi connectivity index (χ2n) is 9.08. The maximum Gasteiger partial charge on any atom is 0.0486 e. The predicted octanol–water partition coefficient (Wildman–Crippen LogP) is 9.56. The molecule has 0 saturated heterocycles. The summed E-state index contributed by atoms with van der Waals surface area (Å²) >= 11 is 0. The Morgan fingerprint density at radius 1 is 1.22 bits per heavy atom. The first-order valence-electron chi connectivity index (χ1n) is 12.2. The third-order valence-corrected chi connectivity index (χ3v) is 6.89. The van der Waals surface area contributed by atoms with Crippen LogP contribution in [0, 0.1) is 17.8 Å². The van der Waals surface area contributed by atoms with Crippen LogP contribution in [-0.4, -0.2) is 4.98 Å². The number of rotatable bonds is 10. The summed E-state index contributed by atoms with van der Waals surface area (Å²) in [5.41, 5.74) is 10.1. The van der Waals surface area contributed by atoms with Crippen molar-refractivity contribution < 1.29 is 0 Å². The van der Waals surface area contributed by atoms with Gasteiger partial charge in [-0.1, -0.05) is 87.1 Å². The molecule has 0 aromatic carbocycles. The molecule has 0 spiro atoms. The fourth-order valence-corrected chi connectivity index (χ4v) is 5.14. The minimum absolute atomic E-state index is 0.208. The van der Waals surface area contributed by atoms with Gasteiger partial charge in [0.05, 0.1) is 0 Å². The molecule has 1 aliphatic rings. The summed E-state index contributed by atoms with van der Waals surface area (Å²) in [6.45, 7) is 24.2. The average molecular weight is 430 g/mol. The van der Waals surface area contributed by atoms with Crippen LogP contribution in [-0.2, 0) is 0 Å². The van der Waals surface area contributed by atoms with E-state index in [0.29, 0.717) is 11.8 Å². The van der Waals surface area contributed by atoms with Crippen molar-refractivity contribution in [3.63, 3.8) is 0 Å².